The van der Waals surface area contributed by atoms with Gasteiger partial charge in [-0.25, -0.2) is 0 Å². The zero-order valence-electron chi connectivity index (χ0n) is 12.3. The Morgan fingerprint density at radius 1 is 1.11 bits per heavy atom. The maximum Gasteiger partial charge on any atom is 0.0707 e. The van der Waals surface area contributed by atoms with Gasteiger partial charge in [0.1, 0.15) is 0 Å². The van der Waals surface area contributed by atoms with Gasteiger partial charge in [-0.15, -0.1) is 0 Å². The zero-order chi connectivity index (χ0) is 13.0. The highest BCUT2D eigenvalue weighted by atomic mass is 16.5. The van der Waals surface area contributed by atoms with E-state index in [4.69, 9.17) is 4.74 Å². The highest BCUT2D eigenvalue weighted by molar-refractivity contribution is 4.83. The van der Waals surface area contributed by atoms with Gasteiger partial charge in [-0.05, 0) is 37.6 Å². The lowest BCUT2D eigenvalue weighted by Crippen LogP contribution is -2.33. The lowest BCUT2D eigenvalue weighted by molar-refractivity contribution is 0.0268. The number of likely N-dealkylation sites (tertiary alicyclic amines) is 1. The van der Waals surface area contributed by atoms with Crippen LogP contribution in [0.1, 0.15) is 40.0 Å². The fourth-order valence-corrected chi connectivity index (χ4v) is 3.19. The highest BCUT2D eigenvalue weighted by Crippen LogP contribution is 2.25. The molecule has 3 heteroatoms. The Kier molecular flexibility index (Phi) is 5.46. The van der Waals surface area contributed by atoms with E-state index in [0.717, 1.165) is 31.5 Å². The molecule has 0 aliphatic carbocycles. The second kappa shape index (κ2) is 6.88. The van der Waals surface area contributed by atoms with Gasteiger partial charge in [0.05, 0.1) is 12.2 Å². The first kappa shape index (κ1) is 14.3. The van der Waals surface area contributed by atoms with Gasteiger partial charge in [0.15, 0.2) is 0 Å². The number of hydrogen-bond acceptors (Lipinski definition) is 3. The molecule has 2 aliphatic rings. The minimum Gasteiger partial charge on any atom is -0.372 e. The van der Waals surface area contributed by atoms with Crippen molar-refractivity contribution in [2.75, 3.05) is 32.7 Å². The first-order valence-electron chi connectivity index (χ1n) is 7.77. The molecule has 2 fully saturated rings. The molecule has 0 bridgehead atoms. The van der Waals surface area contributed by atoms with Gasteiger partial charge in [-0.1, -0.05) is 20.8 Å². The van der Waals surface area contributed by atoms with Gasteiger partial charge in [0, 0.05) is 26.2 Å². The van der Waals surface area contributed by atoms with Crippen LogP contribution < -0.4 is 5.32 Å². The van der Waals surface area contributed by atoms with Crippen LogP contribution in [0.5, 0.6) is 0 Å². The van der Waals surface area contributed by atoms with E-state index in [1.807, 2.05) is 0 Å². The summed E-state index contributed by atoms with van der Waals surface area (Å²) in [5.41, 5.74) is 0. The molecule has 18 heavy (non-hydrogen) atoms. The number of rotatable bonds is 6. The van der Waals surface area contributed by atoms with Crippen LogP contribution in [0, 0.1) is 11.8 Å². The van der Waals surface area contributed by atoms with E-state index in [0.29, 0.717) is 12.2 Å². The number of nitrogens with one attached hydrogen (secondary N) is 1. The molecule has 106 valence electrons. The van der Waals surface area contributed by atoms with E-state index >= 15 is 0 Å². The normalized spacial score (nSPS) is 37.5. The molecular formula is C15H30N2O. The van der Waals surface area contributed by atoms with Crippen molar-refractivity contribution in [2.24, 2.45) is 11.8 Å². The highest BCUT2D eigenvalue weighted by Gasteiger charge is 2.31. The molecular weight excluding hydrogens is 224 g/mol. The Labute approximate surface area is 112 Å². The van der Waals surface area contributed by atoms with Crippen molar-refractivity contribution in [2.45, 2.75) is 52.2 Å². The van der Waals surface area contributed by atoms with E-state index in [9.17, 15) is 0 Å². The fraction of sp³-hybridized carbons (Fsp3) is 1.00. The minimum atomic E-state index is 0.457. The molecule has 0 spiro atoms. The lowest BCUT2D eigenvalue weighted by atomic mass is 10.0. The fourth-order valence-electron chi connectivity index (χ4n) is 3.19. The Hall–Kier alpha value is -0.120. The third-order valence-electron chi connectivity index (χ3n) is 4.52. The van der Waals surface area contributed by atoms with Crippen molar-refractivity contribution >= 4 is 0 Å². The van der Waals surface area contributed by atoms with Gasteiger partial charge in [-0.3, -0.25) is 0 Å². The molecule has 2 saturated heterocycles. The molecule has 0 aromatic heterocycles. The summed E-state index contributed by atoms with van der Waals surface area (Å²) in [5, 5.41) is 3.47. The molecule has 2 heterocycles. The van der Waals surface area contributed by atoms with Crippen LogP contribution in [0.3, 0.4) is 0 Å². The van der Waals surface area contributed by atoms with Crippen LogP contribution in [-0.2, 0) is 4.74 Å². The summed E-state index contributed by atoms with van der Waals surface area (Å²) in [6.45, 7) is 12.8. The maximum absolute atomic E-state index is 6.14. The predicted octanol–water partition coefficient (Wildman–Crippen LogP) is 2.12. The van der Waals surface area contributed by atoms with Gasteiger partial charge < -0.3 is 15.0 Å². The monoisotopic (exact) mass is 254 g/mol. The maximum atomic E-state index is 6.14. The molecule has 0 amide bonds. The van der Waals surface area contributed by atoms with Crippen molar-refractivity contribution in [3.05, 3.63) is 0 Å². The first-order valence-corrected chi connectivity index (χ1v) is 7.77. The van der Waals surface area contributed by atoms with Gasteiger partial charge in [0.25, 0.3) is 0 Å². The van der Waals surface area contributed by atoms with E-state index in [-0.39, 0.29) is 0 Å². The third kappa shape index (κ3) is 3.94. The van der Waals surface area contributed by atoms with Crippen LogP contribution in [0.15, 0.2) is 0 Å². The molecule has 0 aromatic rings. The Morgan fingerprint density at radius 3 is 2.44 bits per heavy atom. The van der Waals surface area contributed by atoms with E-state index in [2.05, 4.69) is 31.0 Å². The number of hydrogen-bond donors (Lipinski definition) is 1. The van der Waals surface area contributed by atoms with Crippen molar-refractivity contribution < 1.29 is 4.74 Å². The first-order chi connectivity index (χ1) is 8.69. The largest absolute Gasteiger partial charge is 0.372 e. The standard InChI is InChI=1S/C15H30N2O/c1-4-7-16-8-14-5-6-15(18-14)11-17-9-12(2)13(3)10-17/h12-16H,4-11H2,1-3H3. The second-order valence-electron chi connectivity index (χ2n) is 6.33. The van der Waals surface area contributed by atoms with Gasteiger partial charge >= 0.3 is 0 Å². The second-order valence-corrected chi connectivity index (χ2v) is 6.33. The Morgan fingerprint density at radius 2 is 1.78 bits per heavy atom. The van der Waals surface area contributed by atoms with E-state index in [1.165, 1.54) is 32.4 Å². The lowest BCUT2D eigenvalue weighted by Gasteiger charge is -2.21. The summed E-state index contributed by atoms with van der Waals surface area (Å²) in [7, 11) is 0. The average Bonchev–Trinajstić information content (AvgIpc) is 2.88. The molecule has 3 nitrogen and oxygen atoms in total. The number of nitrogens with zero attached hydrogens (tertiary/aromatic N) is 1. The van der Waals surface area contributed by atoms with Crippen molar-refractivity contribution in [1.82, 2.24) is 10.2 Å². The van der Waals surface area contributed by atoms with E-state index in [1.54, 1.807) is 0 Å². The molecule has 4 atom stereocenters. The molecule has 2 aliphatic heterocycles. The summed E-state index contributed by atoms with van der Waals surface area (Å²) in [4.78, 5) is 2.60. The molecule has 1 N–H and O–H groups in total. The van der Waals surface area contributed by atoms with Crippen LogP contribution in [0.4, 0.5) is 0 Å². The van der Waals surface area contributed by atoms with Crippen LogP contribution >= 0.6 is 0 Å². The summed E-state index contributed by atoms with van der Waals surface area (Å²) in [6.07, 6.45) is 4.63. The van der Waals surface area contributed by atoms with Crippen LogP contribution in [0.2, 0.25) is 0 Å². The van der Waals surface area contributed by atoms with Crippen LogP contribution in [-0.4, -0.2) is 49.8 Å². The molecule has 0 radical (unpaired) electrons. The van der Waals surface area contributed by atoms with Gasteiger partial charge in [-0.2, -0.15) is 0 Å². The SMILES string of the molecule is CCCNCC1CCC(CN2CC(C)C(C)C2)O1. The molecule has 0 aromatic carbocycles. The summed E-state index contributed by atoms with van der Waals surface area (Å²) < 4.78 is 6.14. The number of ether oxygens (including phenoxy) is 1. The smallest absolute Gasteiger partial charge is 0.0707 e. The zero-order valence-corrected chi connectivity index (χ0v) is 12.3. The summed E-state index contributed by atoms with van der Waals surface area (Å²) >= 11 is 0. The summed E-state index contributed by atoms with van der Waals surface area (Å²) in [6, 6.07) is 0. The quantitative estimate of drug-likeness (QED) is 0.735. The van der Waals surface area contributed by atoms with Crippen LogP contribution in [0.25, 0.3) is 0 Å². The molecule has 0 saturated carbocycles. The Bertz CT molecular complexity index is 237. The average molecular weight is 254 g/mol. The topological polar surface area (TPSA) is 24.5 Å². The minimum absolute atomic E-state index is 0.457. The van der Waals surface area contributed by atoms with Crippen molar-refractivity contribution in [3.63, 3.8) is 0 Å². The van der Waals surface area contributed by atoms with Gasteiger partial charge in [0.2, 0.25) is 0 Å². The molecule has 4 unspecified atom stereocenters. The third-order valence-corrected chi connectivity index (χ3v) is 4.52. The predicted molar refractivity (Wildman–Crippen MR) is 75.8 cm³/mol. The summed E-state index contributed by atoms with van der Waals surface area (Å²) in [5.74, 6) is 1.71. The van der Waals surface area contributed by atoms with Crippen molar-refractivity contribution in [1.29, 1.82) is 0 Å². The van der Waals surface area contributed by atoms with Crippen molar-refractivity contribution in [3.8, 4) is 0 Å². The van der Waals surface area contributed by atoms with E-state index < -0.39 is 0 Å². The molecule has 2 rings (SSSR count). The Balaban J connectivity index is 1.64.